The van der Waals surface area contributed by atoms with Crippen LogP contribution in [0, 0.1) is 12.8 Å². The predicted octanol–water partition coefficient (Wildman–Crippen LogP) is 4.16. The lowest BCUT2D eigenvalue weighted by molar-refractivity contribution is 0.342. The minimum atomic E-state index is 0.621. The highest BCUT2D eigenvalue weighted by Gasteiger charge is 2.18. The number of aromatic nitrogens is 2. The third-order valence-corrected chi connectivity index (χ3v) is 4.38. The average molecular weight is 326 g/mol. The summed E-state index contributed by atoms with van der Waals surface area (Å²) in [6, 6.07) is 9.95. The largest absolute Gasteiger partial charge is 0.492 e. The summed E-state index contributed by atoms with van der Waals surface area (Å²) in [7, 11) is 0. The van der Waals surface area contributed by atoms with Crippen molar-refractivity contribution >= 4 is 17.5 Å². The van der Waals surface area contributed by atoms with Crippen molar-refractivity contribution in [1.29, 1.82) is 0 Å². The minimum absolute atomic E-state index is 0.621. The molecule has 24 heavy (non-hydrogen) atoms. The van der Waals surface area contributed by atoms with Crippen LogP contribution in [0.3, 0.4) is 0 Å². The highest BCUT2D eigenvalue weighted by molar-refractivity contribution is 5.63. The van der Waals surface area contributed by atoms with Gasteiger partial charge in [0.15, 0.2) is 0 Å². The van der Waals surface area contributed by atoms with Crippen LogP contribution < -0.4 is 15.0 Å². The number of benzene rings is 1. The standard InChI is InChI=1S/C19H26N4O/c1-4-24-17-8-6-5-7-16(17)21-19-20-15(3)13-18(22-19)23-11-9-14(2)10-12-23/h5-8,13-14H,4,9-12H2,1-3H3,(H,20,21,22). The Labute approximate surface area is 144 Å². The van der Waals surface area contributed by atoms with Gasteiger partial charge in [-0.25, -0.2) is 4.98 Å². The molecule has 1 fully saturated rings. The summed E-state index contributed by atoms with van der Waals surface area (Å²) in [5, 5.41) is 3.31. The van der Waals surface area contributed by atoms with E-state index in [4.69, 9.17) is 9.72 Å². The van der Waals surface area contributed by atoms with E-state index in [9.17, 15) is 0 Å². The second-order valence-electron chi connectivity index (χ2n) is 6.41. The van der Waals surface area contributed by atoms with E-state index in [1.807, 2.05) is 38.1 Å². The van der Waals surface area contributed by atoms with E-state index >= 15 is 0 Å². The number of aryl methyl sites for hydroxylation is 1. The molecule has 0 spiro atoms. The lowest BCUT2D eigenvalue weighted by Crippen LogP contribution is -2.33. The van der Waals surface area contributed by atoms with E-state index in [1.54, 1.807) is 0 Å². The van der Waals surface area contributed by atoms with E-state index in [-0.39, 0.29) is 0 Å². The molecular weight excluding hydrogens is 300 g/mol. The van der Waals surface area contributed by atoms with E-state index < -0.39 is 0 Å². The van der Waals surface area contributed by atoms with Crippen molar-refractivity contribution in [3.8, 4) is 5.75 Å². The minimum Gasteiger partial charge on any atom is -0.492 e. The molecular formula is C19H26N4O. The molecule has 0 unspecified atom stereocenters. The lowest BCUT2D eigenvalue weighted by atomic mass is 9.99. The Morgan fingerprint density at radius 3 is 2.71 bits per heavy atom. The second kappa shape index (κ2) is 7.51. The van der Waals surface area contributed by atoms with Crippen LogP contribution in [0.25, 0.3) is 0 Å². The highest BCUT2D eigenvalue weighted by Crippen LogP contribution is 2.28. The van der Waals surface area contributed by atoms with Crippen LogP contribution in [0.1, 0.15) is 32.4 Å². The third kappa shape index (κ3) is 3.96. The van der Waals surface area contributed by atoms with Gasteiger partial charge in [-0.15, -0.1) is 0 Å². The molecule has 1 aromatic carbocycles. The van der Waals surface area contributed by atoms with Crippen molar-refractivity contribution in [2.75, 3.05) is 29.9 Å². The second-order valence-corrected chi connectivity index (χ2v) is 6.41. The first kappa shape index (κ1) is 16.6. The molecule has 1 aliphatic rings. The molecule has 2 heterocycles. The molecule has 1 saturated heterocycles. The molecule has 3 rings (SSSR count). The molecule has 0 atom stereocenters. The predicted molar refractivity (Wildman–Crippen MR) is 98.3 cm³/mol. The van der Waals surface area contributed by atoms with Crippen molar-refractivity contribution in [1.82, 2.24) is 9.97 Å². The molecule has 0 bridgehead atoms. The Bertz CT molecular complexity index is 681. The maximum absolute atomic E-state index is 5.67. The van der Waals surface area contributed by atoms with Gasteiger partial charge < -0.3 is 15.0 Å². The Kier molecular flexibility index (Phi) is 5.18. The zero-order valence-electron chi connectivity index (χ0n) is 14.7. The molecule has 0 aliphatic carbocycles. The van der Waals surface area contributed by atoms with Gasteiger partial charge in [0, 0.05) is 24.8 Å². The van der Waals surface area contributed by atoms with E-state index in [0.29, 0.717) is 12.6 Å². The fraction of sp³-hybridized carbons (Fsp3) is 0.474. The molecule has 128 valence electrons. The average Bonchev–Trinajstić information content (AvgIpc) is 2.57. The van der Waals surface area contributed by atoms with Crippen LogP contribution in [0.5, 0.6) is 5.75 Å². The number of hydrogen-bond acceptors (Lipinski definition) is 5. The van der Waals surface area contributed by atoms with Crippen molar-refractivity contribution in [3.63, 3.8) is 0 Å². The van der Waals surface area contributed by atoms with Crippen LogP contribution in [0.15, 0.2) is 30.3 Å². The van der Waals surface area contributed by atoms with Gasteiger partial charge in [0.1, 0.15) is 11.6 Å². The molecule has 5 heteroatoms. The zero-order valence-corrected chi connectivity index (χ0v) is 14.7. The lowest BCUT2D eigenvalue weighted by Gasteiger charge is -2.31. The summed E-state index contributed by atoms with van der Waals surface area (Å²) in [5.41, 5.74) is 1.86. The number of nitrogens with one attached hydrogen (secondary N) is 1. The fourth-order valence-corrected chi connectivity index (χ4v) is 2.98. The maximum atomic E-state index is 5.67. The van der Waals surface area contributed by atoms with Gasteiger partial charge in [-0.3, -0.25) is 0 Å². The molecule has 0 saturated carbocycles. The highest BCUT2D eigenvalue weighted by atomic mass is 16.5. The van der Waals surface area contributed by atoms with Gasteiger partial charge in [0.25, 0.3) is 0 Å². The van der Waals surface area contributed by atoms with Crippen LogP contribution in [-0.4, -0.2) is 29.7 Å². The van der Waals surface area contributed by atoms with Crippen molar-refractivity contribution in [2.24, 2.45) is 5.92 Å². The van der Waals surface area contributed by atoms with Gasteiger partial charge >= 0.3 is 0 Å². The monoisotopic (exact) mass is 326 g/mol. The van der Waals surface area contributed by atoms with Crippen LogP contribution in [-0.2, 0) is 0 Å². The summed E-state index contributed by atoms with van der Waals surface area (Å²) in [6.45, 7) is 9.07. The van der Waals surface area contributed by atoms with Gasteiger partial charge in [-0.1, -0.05) is 19.1 Å². The van der Waals surface area contributed by atoms with E-state index in [2.05, 4.69) is 28.2 Å². The summed E-state index contributed by atoms with van der Waals surface area (Å²) >= 11 is 0. The summed E-state index contributed by atoms with van der Waals surface area (Å²) in [4.78, 5) is 11.6. The number of anilines is 3. The normalized spacial score (nSPS) is 15.4. The molecule has 2 aromatic rings. The Hall–Kier alpha value is -2.30. The SMILES string of the molecule is CCOc1ccccc1Nc1nc(C)cc(N2CCC(C)CC2)n1. The first-order valence-corrected chi connectivity index (χ1v) is 8.75. The van der Waals surface area contributed by atoms with Crippen LogP contribution >= 0.6 is 0 Å². The first-order chi connectivity index (χ1) is 11.7. The molecule has 0 amide bonds. The van der Waals surface area contributed by atoms with Gasteiger partial charge in [0.2, 0.25) is 5.95 Å². The number of piperidine rings is 1. The van der Waals surface area contributed by atoms with Crippen molar-refractivity contribution in [3.05, 3.63) is 36.0 Å². The number of hydrogen-bond donors (Lipinski definition) is 1. The smallest absolute Gasteiger partial charge is 0.229 e. The van der Waals surface area contributed by atoms with Crippen LogP contribution in [0.2, 0.25) is 0 Å². The number of ether oxygens (including phenoxy) is 1. The third-order valence-electron chi connectivity index (χ3n) is 4.38. The van der Waals surface area contributed by atoms with E-state index in [0.717, 1.165) is 42.0 Å². The first-order valence-electron chi connectivity index (χ1n) is 8.75. The molecule has 0 radical (unpaired) electrons. The maximum Gasteiger partial charge on any atom is 0.229 e. The molecule has 1 aromatic heterocycles. The zero-order chi connectivity index (χ0) is 16.9. The van der Waals surface area contributed by atoms with Gasteiger partial charge in [0.05, 0.1) is 12.3 Å². The van der Waals surface area contributed by atoms with Gasteiger partial charge in [-0.05, 0) is 44.7 Å². The quantitative estimate of drug-likeness (QED) is 0.894. The summed E-state index contributed by atoms with van der Waals surface area (Å²) in [5.74, 6) is 3.25. The van der Waals surface area contributed by atoms with Crippen LogP contribution in [0.4, 0.5) is 17.5 Å². The van der Waals surface area contributed by atoms with Crippen molar-refractivity contribution < 1.29 is 4.74 Å². The molecule has 5 nitrogen and oxygen atoms in total. The van der Waals surface area contributed by atoms with Crippen molar-refractivity contribution in [2.45, 2.75) is 33.6 Å². The number of para-hydroxylation sites is 2. The van der Waals surface area contributed by atoms with Gasteiger partial charge in [-0.2, -0.15) is 4.98 Å². The summed E-state index contributed by atoms with van der Waals surface area (Å²) < 4.78 is 5.67. The number of nitrogens with zero attached hydrogens (tertiary/aromatic N) is 3. The Morgan fingerprint density at radius 2 is 1.96 bits per heavy atom. The Balaban J connectivity index is 1.82. The Morgan fingerprint density at radius 1 is 1.21 bits per heavy atom. The summed E-state index contributed by atoms with van der Waals surface area (Å²) in [6.07, 6.45) is 2.44. The fourth-order valence-electron chi connectivity index (χ4n) is 2.98. The molecule has 1 aliphatic heterocycles. The topological polar surface area (TPSA) is 50.3 Å². The number of rotatable bonds is 5. The van der Waals surface area contributed by atoms with E-state index in [1.165, 1.54) is 12.8 Å². The molecule has 1 N–H and O–H groups in total.